The number of nitrogens with zero attached hydrogens (tertiary/aromatic N) is 1. The first-order valence-corrected chi connectivity index (χ1v) is 9.10. The van der Waals surface area contributed by atoms with Crippen molar-refractivity contribution >= 4 is 11.3 Å². The van der Waals surface area contributed by atoms with E-state index in [0.29, 0.717) is 0 Å². The van der Waals surface area contributed by atoms with Gasteiger partial charge >= 0.3 is 0 Å². The normalized spacial score (nSPS) is 11.3. The van der Waals surface area contributed by atoms with Gasteiger partial charge in [0, 0.05) is 23.5 Å². The molecule has 0 saturated carbocycles. The largest absolute Gasteiger partial charge is 0.491 e. The Labute approximate surface area is 147 Å². The predicted octanol–water partition coefficient (Wildman–Crippen LogP) is 5.33. The zero-order valence-electron chi connectivity index (χ0n) is 14.1. The quantitative estimate of drug-likeness (QED) is 0.554. The fourth-order valence-corrected chi connectivity index (χ4v) is 3.40. The Morgan fingerprint density at radius 1 is 1.00 bits per heavy atom. The molecule has 0 spiro atoms. The van der Waals surface area contributed by atoms with Gasteiger partial charge in [-0.15, -0.1) is 11.3 Å². The maximum Gasteiger partial charge on any atom is 0.124 e. The van der Waals surface area contributed by atoms with Crippen LogP contribution < -0.4 is 4.74 Å². The Morgan fingerprint density at radius 3 is 2.58 bits per heavy atom. The van der Waals surface area contributed by atoms with E-state index in [1.54, 1.807) is 17.6 Å². The Balaban J connectivity index is 1.78. The SMILES string of the molecule is CC(C)Oc1ccccc1CN(Cc1ccco1)Cc1cccs1. The number of rotatable bonds is 8. The average molecular weight is 341 g/mol. The highest BCUT2D eigenvalue weighted by atomic mass is 32.1. The number of ether oxygens (including phenoxy) is 1. The summed E-state index contributed by atoms with van der Waals surface area (Å²) in [6.07, 6.45) is 1.90. The fourth-order valence-electron chi connectivity index (χ4n) is 2.66. The molecule has 0 fully saturated rings. The fraction of sp³-hybridized carbons (Fsp3) is 0.300. The minimum atomic E-state index is 0.168. The first-order chi connectivity index (χ1) is 11.7. The van der Waals surface area contributed by atoms with Crippen molar-refractivity contribution in [3.8, 4) is 5.75 Å². The minimum Gasteiger partial charge on any atom is -0.491 e. The highest BCUT2D eigenvalue weighted by molar-refractivity contribution is 7.09. The summed E-state index contributed by atoms with van der Waals surface area (Å²) in [5, 5.41) is 2.12. The van der Waals surface area contributed by atoms with Crippen LogP contribution in [0.5, 0.6) is 5.75 Å². The van der Waals surface area contributed by atoms with Crippen LogP contribution in [0.1, 0.15) is 30.0 Å². The summed E-state index contributed by atoms with van der Waals surface area (Å²) >= 11 is 1.79. The van der Waals surface area contributed by atoms with Gasteiger partial charge < -0.3 is 9.15 Å². The monoisotopic (exact) mass is 341 g/mol. The molecule has 1 aromatic carbocycles. The van der Waals surface area contributed by atoms with Crippen LogP contribution in [0.15, 0.2) is 64.6 Å². The van der Waals surface area contributed by atoms with Crippen LogP contribution in [0.25, 0.3) is 0 Å². The maximum atomic E-state index is 5.97. The predicted molar refractivity (Wildman–Crippen MR) is 98.2 cm³/mol. The molecule has 0 bridgehead atoms. The van der Waals surface area contributed by atoms with Crippen molar-refractivity contribution in [2.75, 3.05) is 0 Å². The minimum absolute atomic E-state index is 0.168. The molecule has 0 radical (unpaired) electrons. The van der Waals surface area contributed by atoms with Gasteiger partial charge in [-0.1, -0.05) is 24.3 Å². The summed E-state index contributed by atoms with van der Waals surface area (Å²) in [7, 11) is 0. The Bertz CT molecular complexity index is 684. The van der Waals surface area contributed by atoms with Gasteiger partial charge in [-0.3, -0.25) is 4.90 Å². The van der Waals surface area contributed by atoms with Crippen LogP contribution in [-0.4, -0.2) is 11.0 Å². The lowest BCUT2D eigenvalue weighted by Gasteiger charge is -2.23. The Morgan fingerprint density at radius 2 is 1.88 bits per heavy atom. The number of furan rings is 1. The molecule has 0 aliphatic heterocycles. The van der Waals surface area contributed by atoms with Crippen molar-refractivity contribution < 1.29 is 9.15 Å². The standard InChI is InChI=1S/C20H23NO2S/c1-16(2)23-20-10-4-3-7-17(20)13-21(14-18-8-5-11-22-18)15-19-9-6-12-24-19/h3-12,16H,13-15H2,1-2H3. The van der Waals surface area contributed by atoms with Crippen molar-refractivity contribution in [3.63, 3.8) is 0 Å². The van der Waals surface area contributed by atoms with E-state index in [1.807, 2.05) is 24.3 Å². The van der Waals surface area contributed by atoms with Crippen molar-refractivity contribution in [1.29, 1.82) is 0 Å². The molecule has 3 nitrogen and oxygen atoms in total. The van der Waals surface area contributed by atoms with Crippen LogP contribution in [0.2, 0.25) is 0 Å². The molecule has 0 aliphatic rings. The number of thiophene rings is 1. The summed E-state index contributed by atoms with van der Waals surface area (Å²) in [5.74, 6) is 1.94. The lowest BCUT2D eigenvalue weighted by atomic mass is 10.1. The van der Waals surface area contributed by atoms with E-state index in [4.69, 9.17) is 9.15 Å². The second kappa shape index (κ2) is 8.18. The average Bonchev–Trinajstić information content (AvgIpc) is 3.22. The van der Waals surface area contributed by atoms with Crippen LogP contribution in [0.4, 0.5) is 0 Å². The van der Waals surface area contributed by atoms with Crippen LogP contribution in [-0.2, 0) is 19.6 Å². The van der Waals surface area contributed by atoms with E-state index in [2.05, 4.69) is 48.4 Å². The molecule has 4 heteroatoms. The van der Waals surface area contributed by atoms with E-state index in [0.717, 1.165) is 31.1 Å². The number of hydrogen-bond donors (Lipinski definition) is 0. The topological polar surface area (TPSA) is 25.6 Å². The lowest BCUT2D eigenvalue weighted by molar-refractivity contribution is 0.211. The molecule has 0 amide bonds. The second-order valence-corrected chi connectivity index (χ2v) is 7.11. The third-order valence-corrected chi connectivity index (χ3v) is 4.51. The second-order valence-electron chi connectivity index (χ2n) is 6.08. The van der Waals surface area contributed by atoms with Gasteiger partial charge in [-0.25, -0.2) is 0 Å². The van der Waals surface area contributed by atoms with Gasteiger partial charge in [0.15, 0.2) is 0 Å². The summed E-state index contributed by atoms with van der Waals surface area (Å²) in [5.41, 5.74) is 1.20. The molecule has 2 heterocycles. The molecule has 0 N–H and O–H groups in total. The van der Waals surface area contributed by atoms with Crippen molar-refractivity contribution in [3.05, 3.63) is 76.4 Å². The van der Waals surface area contributed by atoms with Gasteiger partial charge in [0.2, 0.25) is 0 Å². The maximum absolute atomic E-state index is 5.97. The molecule has 3 aromatic rings. The zero-order valence-corrected chi connectivity index (χ0v) is 15.0. The van der Waals surface area contributed by atoms with Gasteiger partial charge in [0.05, 0.1) is 18.9 Å². The van der Waals surface area contributed by atoms with Gasteiger partial charge in [0.25, 0.3) is 0 Å². The van der Waals surface area contributed by atoms with Crippen molar-refractivity contribution in [1.82, 2.24) is 4.90 Å². The van der Waals surface area contributed by atoms with Gasteiger partial charge in [-0.05, 0) is 43.5 Å². The molecule has 0 saturated heterocycles. The van der Waals surface area contributed by atoms with E-state index in [9.17, 15) is 0 Å². The molecular formula is C20H23NO2S. The molecule has 24 heavy (non-hydrogen) atoms. The molecule has 0 atom stereocenters. The Kier molecular flexibility index (Phi) is 5.72. The summed E-state index contributed by atoms with van der Waals surface area (Å²) in [4.78, 5) is 3.73. The van der Waals surface area contributed by atoms with E-state index in [-0.39, 0.29) is 6.10 Å². The first kappa shape index (κ1) is 16.8. The highest BCUT2D eigenvalue weighted by Gasteiger charge is 2.14. The molecular weight excluding hydrogens is 318 g/mol. The third kappa shape index (κ3) is 4.73. The highest BCUT2D eigenvalue weighted by Crippen LogP contribution is 2.24. The van der Waals surface area contributed by atoms with E-state index < -0.39 is 0 Å². The number of para-hydroxylation sites is 1. The Hall–Kier alpha value is -2.04. The van der Waals surface area contributed by atoms with Crippen molar-refractivity contribution in [2.45, 2.75) is 39.6 Å². The lowest BCUT2D eigenvalue weighted by Crippen LogP contribution is -2.22. The van der Waals surface area contributed by atoms with Crippen LogP contribution >= 0.6 is 11.3 Å². The third-order valence-electron chi connectivity index (χ3n) is 3.65. The van der Waals surface area contributed by atoms with Gasteiger partial charge in [-0.2, -0.15) is 0 Å². The van der Waals surface area contributed by atoms with Crippen molar-refractivity contribution in [2.24, 2.45) is 0 Å². The summed E-state index contributed by atoms with van der Waals surface area (Å²) in [6.45, 7) is 6.61. The summed E-state index contributed by atoms with van der Waals surface area (Å²) < 4.78 is 11.5. The van der Waals surface area contributed by atoms with E-state index >= 15 is 0 Å². The van der Waals surface area contributed by atoms with Gasteiger partial charge in [0.1, 0.15) is 11.5 Å². The molecule has 126 valence electrons. The molecule has 0 aliphatic carbocycles. The molecule has 3 rings (SSSR count). The van der Waals surface area contributed by atoms with Crippen LogP contribution in [0, 0.1) is 0 Å². The summed E-state index contributed by atoms with van der Waals surface area (Å²) in [6, 6.07) is 16.5. The van der Waals surface area contributed by atoms with Crippen LogP contribution in [0.3, 0.4) is 0 Å². The smallest absolute Gasteiger partial charge is 0.124 e. The van der Waals surface area contributed by atoms with E-state index in [1.165, 1.54) is 10.4 Å². The number of hydrogen-bond acceptors (Lipinski definition) is 4. The molecule has 2 aromatic heterocycles. The number of benzene rings is 1. The first-order valence-electron chi connectivity index (χ1n) is 8.22. The molecule has 0 unspecified atom stereocenters. The zero-order chi connectivity index (χ0) is 16.8.